The Morgan fingerprint density at radius 2 is 1.70 bits per heavy atom. The van der Waals surface area contributed by atoms with Crippen LogP contribution in [0.2, 0.25) is 5.02 Å². The van der Waals surface area contributed by atoms with Crippen LogP contribution < -0.4 is 4.90 Å². The van der Waals surface area contributed by atoms with E-state index in [1.165, 1.54) is 12.7 Å². The fourth-order valence-corrected chi connectivity index (χ4v) is 6.21. The SMILES string of the molecule is CN(Cc1ccon1)C(=O)c1ccc(N2CCC(CC3CCN(C(=O)[C@H](O)c4ccccc4)CC3)CC2)cc1Cl. The molecule has 0 aliphatic carbocycles. The molecule has 3 heterocycles. The number of rotatable bonds is 8. The van der Waals surface area contributed by atoms with Gasteiger partial charge in [-0.2, -0.15) is 0 Å². The van der Waals surface area contributed by atoms with Gasteiger partial charge in [0.25, 0.3) is 11.8 Å². The van der Waals surface area contributed by atoms with Gasteiger partial charge in [0.05, 0.1) is 17.1 Å². The van der Waals surface area contributed by atoms with Gasteiger partial charge >= 0.3 is 0 Å². The van der Waals surface area contributed by atoms with Crippen LogP contribution in [0.4, 0.5) is 5.69 Å². The van der Waals surface area contributed by atoms with Crippen LogP contribution in [0.5, 0.6) is 0 Å². The highest BCUT2D eigenvalue weighted by Gasteiger charge is 2.30. The Labute approximate surface area is 240 Å². The van der Waals surface area contributed by atoms with Gasteiger partial charge in [0.1, 0.15) is 12.0 Å². The number of aliphatic hydroxyl groups is 1. The molecule has 0 saturated carbocycles. The monoisotopic (exact) mass is 564 g/mol. The number of halogens is 1. The lowest BCUT2D eigenvalue weighted by Crippen LogP contribution is -2.42. The van der Waals surface area contributed by atoms with Gasteiger partial charge in [-0.25, -0.2) is 0 Å². The van der Waals surface area contributed by atoms with Gasteiger partial charge in [-0.15, -0.1) is 0 Å². The zero-order valence-corrected chi connectivity index (χ0v) is 23.7. The molecule has 2 aliphatic rings. The molecule has 2 fully saturated rings. The Morgan fingerprint density at radius 1 is 1.02 bits per heavy atom. The van der Waals surface area contributed by atoms with Crippen molar-refractivity contribution in [3.63, 3.8) is 0 Å². The number of aliphatic hydroxyl groups excluding tert-OH is 1. The predicted octanol–water partition coefficient (Wildman–Crippen LogP) is 5.18. The average molecular weight is 565 g/mol. The number of likely N-dealkylation sites (tertiary alicyclic amines) is 1. The minimum atomic E-state index is -1.08. The van der Waals surface area contributed by atoms with Crippen molar-refractivity contribution < 1.29 is 19.2 Å². The Morgan fingerprint density at radius 3 is 2.33 bits per heavy atom. The molecule has 8 nitrogen and oxygen atoms in total. The van der Waals surface area contributed by atoms with Gasteiger partial charge in [0.15, 0.2) is 6.10 Å². The van der Waals surface area contributed by atoms with Crippen LogP contribution in [0, 0.1) is 11.8 Å². The molecule has 0 unspecified atom stereocenters. The summed E-state index contributed by atoms with van der Waals surface area (Å²) in [6.45, 7) is 3.70. The molecule has 2 aromatic carbocycles. The summed E-state index contributed by atoms with van der Waals surface area (Å²) in [5, 5.41) is 14.8. The van der Waals surface area contributed by atoms with Crippen molar-refractivity contribution in [1.82, 2.24) is 15.0 Å². The van der Waals surface area contributed by atoms with E-state index in [9.17, 15) is 14.7 Å². The van der Waals surface area contributed by atoms with Crippen molar-refractivity contribution in [3.05, 3.63) is 82.7 Å². The zero-order valence-electron chi connectivity index (χ0n) is 22.9. The van der Waals surface area contributed by atoms with E-state index in [0.29, 0.717) is 53.3 Å². The predicted molar refractivity (Wildman–Crippen MR) is 154 cm³/mol. The molecule has 0 bridgehead atoms. The summed E-state index contributed by atoms with van der Waals surface area (Å²) in [5.74, 6) is 0.940. The molecule has 1 N–H and O–H groups in total. The van der Waals surface area contributed by atoms with E-state index in [-0.39, 0.29) is 11.8 Å². The third-order valence-corrected chi connectivity index (χ3v) is 8.65. The summed E-state index contributed by atoms with van der Waals surface area (Å²) in [6, 6.07) is 16.6. The van der Waals surface area contributed by atoms with Gasteiger partial charge < -0.3 is 24.3 Å². The number of amides is 2. The molecule has 212 valence electrons. The first-order valence-electron chi connectivity index (χ1n) is 14.1. The summed E-state index contributed by atoms with van der Waals surface area (Å²) in [6.07, 6.45) is 5.80. The van der Waals surface area contributed by atoms with Crippen LogP contribution in [0.1, 0.15) is 59.8 Å². The summed E-state index contributed by atoms with van der Waals surface area (Å²) < 4.78 is 4.85. The van der Waals surface area contributed by atoms with Crippen LogP contribution in [-0.2, 0) is 11.3 Å². The molecular formula is C31H37ClN4O4. The summed E-state index contributed by atoms with van der Waals surface area (Å²) in [7, 11) is 1.72. The summed E-state index contributed by atoms with van der Waals surface area (Å²) in [4.78, 5) is 31.4. The average Bonchev–Trinajstić information content (AvgIpc) is 3.50. The third-order valence-electron chi connectivity index (χ3n) is 8.34. The van der Waals surface area contributed by atoms with Crippen LogP contribution in [0.15, 0.2) is 65.4 Å². The summed E-state index contributed by atoms with van der Waals surface area (Å²) in [5.41, 5.74) is 2.86. The molecule has 40 heavy (non-hydrogen) atoms. The number of hydrogen-bond acceptors (Lipinski definition) is 6. The molecule has 2 amide bonds. The first-order valence-corrected chi connectivity index (χ1v) is 14.5. The van der Waals surface area contributed by atoms with Gasteiger partial charge in [0, 0.05) is 45.0 Å². The highest BCUT2D eigenvalue weighted by Crippen LogP contribution is 2.33. The second-order valence-electron chi connectivity index (χ2n) is 11.1. The number of nitrogens with zero attached hydrogens (tertiary/aromatic N) is 4. The second-order valence-corrected chi connectivity index (χ2v) is 11.5. The number of piperidine rings is 2. The van der Waals surface area contributed by atoms with Crippen molar-refractivity contribution in [2.45, 2.75) is 44.8 Å². The number of carbonyl (C=O) groups is 2. The topological polar surface area (TPSA) is 90.1 Å². The van der Waals surface area contributed by atoms with Crippen molar-refractivity contribution in [3.8, 4) is 0 Å². The van der Waals surface area contributed by atoms with Crippen LogP contribution >= 0.6 is 11.6 Å². The van der Waals surface area contributed by atoms with E-state index in [4.69, 9.17) is 16.1 Å². The van der Waals surface area contributed by atoms with E-state index in [0.717, 1.165) is 44.5 Å². The maximum atomic E-state index is 12.9. The lowest BCUT2D eigenvalue weighted by molar-refractivity contribution is -0.142. The molecule has 1 atom stereocenters. The lowest BCUT2D eigenvalue weighted by Gasteiger charge is -2.38. The van der Waals surface area contributed by atoms with Gasteiger partial charge in [-0.3, -0.25) is 9.59 Å². The fourth-order valence-electron chi connectivity index (χ4n) is 5.95. The van der Waals surface area contributed by atoms with E-state index in [1.54, 1.807) is 30.1 Å². The van der Waals surface area contributed by atoms with Gasteiger partial charge in [-0.1, -0.05) is 47.1 Å². The molecule has 2 saturated heterocycles. The molecule has 5 rings (SSSR count). The van der Waals surface area contributed by atoms with Crippen molar-refractivity contribution in [2.75, 3.05) is 38.1 Å². The minimum absolute atomic E-state index is 0.152. The Hall–Kier alpha value is -3.36. The van der Waals surface area contributed by atoms with E-state index in [2.05, 4.69) is 10.1 Å². The number of anilines is 1. The first-order chi connectivity index (χ1) is 19.4. The zero-order chi connectivity index (χ0) is 28.1. The van der Waals surface area contributed by atoms with Gasteiger partial charge in [-0.05, 0) is 67.7 Å². The van der Waals surface area contributed by atoms with Crippen molar-refractivity contribution in [1.29, 1.82) is 0 Å². The maximum Gasteiger partial charge on any atom is 0.256 e. The molecule has 9 heteroatoms. The smallest absolute Gasteiger partial charge is 0.256 e. The van der Waals surface area contributed by atoms with Crippen molar-refractivity contribution in [2.24, 2.45) is 11.8 Å². The molecule has 3 aromatic rings. The Balaban J connectivity index is 1.07. The molecule has 0 radical (unpaired) electrons. The van der Waals surface area contributed by atoms with Gasteiger partial charge in [0.2, 0.25) is 0 Å². The number of hydrogen-bond donors (Lipinski definition) is 1. The molecule has 2 aliphatic heterocycles. The maximum absolute atomic E-state index is 12.9. The number of benzene rings is 2. The normalized spacial score (nSPS) is 17.6. The number of carbonyl (C=O) groups excluding carboxylic acids is 2. The van der Waals surface area contributed by atoms with E-state index in [1.807, 2.05) is 41.3 Å². The lowest BCUT2D eigenvalue weighted by atomic mass is 9.82. The van der Waals surface area contributed by atoms with E-state index >= 15 is 0 Å². The highest BCUT2D eigenvalue weighted by atomic mass is 35.5. The fraction of sp³-hybridized carbons (Fsp3) is 0.452. The molecular weight excluding hydrogens is 528 g/mol. The number of aromatic nitrogens is 1. The highest BCUT2D eigenvalue weighted by molar-refractivity contribution is 6.34. The van der Waals surface area contributed by atoms with Crippen LogP contribution in [-0.4, -0.2) is 65.1 Å². The standard InChI is InChI=1S/C31H37ClN4O4/c1-34(21-25-13-18-40-33-25)30(38)27-8-7-26(20-28(27)32)35-14-9-22(10-15-35)19-23-11-16-36(17-12-23)31(39)29(37)24-5-3-2-4-6-24/h2-8,13,18,20,22-23,29,37H,9-12,14-17,19,21H2,1H3/t29-/m1/s1. The molecule has 1 aromatic heterocycles. The minimum Gasteiger partial charge on any atom is -0.378 e. The van der Waals surface area contributed by atoms with E-state index < -0.39 is 6.10 Å². The second kappa shape index (κ2) is 12.9. The largest absolute Gasteiger partial charge is 0.378 e. The third kappa shape index (κ3) is 6.67. The summed E-state index contributed by atoms with van der Waals surface area (Å²) >= 11 is 6.56. The Kier molecular flexibility index (Phi) is 9.07. The quantitative estimate of drug-likeness (QED) is 0.405. The first kappa shape index (κ1) is 28.2. The van der Waals surface area contributed by atoms with Crippen LogP contribution in [0.25, 0.3) is 0 Å². The van der Waals surface area contributed by atoms with Crippen molar-refractivity contribution >= 4 is 29.1 Å². The Bertz CT molecular complexity index is 1270. The molecule has 0 spiro atoms. The van der Waals surface area contributed by atoms with Crippen LogP contribution in [0.3, 0.4) is 0 Å².